The lowest BCUT2D eigenvalue weighted by molar-refractivity contribution is -0.137. The van der Waals surface area contributed by atoms with Crippen LogP contribution in [0.1, 0.15) is 38.8 Å². The van der Waals surface area contributed by atoms with Gasteiger partial charge >= 0.3 is 6.18 Å². The highest BCUT2D eigenvalue weighted by Gasteiger charge is 2.35. The third-order valence-corrected chi connectivity index (χ3v) is 2.29. The van der Waals surface area contributed by atoms with Gasteiger partial charge in [-0.05, 0) is 25.5 Å². The molecule has 0 saturated carbocycles. The second-order valence-electron chi connectivity index (χ2n) is 3.37. The van der Waals surface area contributed by atoms with Crippen LogP contribution in [-0.2, 0) is 6.18 Å². The molecule has 0 atom stereocenters. The van der Waals surface area contributed by atoms with Crippen LogP contribution in [0.5, 0.6) is 0 Å². The first-order chi connectivity index (χ1) is 7.29. The molecule has 5 heteroatoms. The van der Waals surface area contributed by atoms with Crippen molar-refractivity contribution < 1.29 is 22.8 Å². The Kier molecular flexibility index (Phi) is 3.16. The van der Waals surface area contributed by atoms with Gasteiger partial charge in [0.15, 0.2) is 5.78 Å². The van der Waals surface area contributed by atoms with Crippen LogP contribution < -0.4 is 0 Å². The number of alkyl halides is 3. The lowest BCUT2D eigenvalue weighted by atomic mass is 9.94. The summed E-state index contributed by atoms with van der Waals surface area (Å²) in [5.41, 5.74) is -1.27. The number of hydrogen-bond acceptors (Lipinski definition) is 2. The van der Waals surface area contributed by atoms with Crippen molar-refractivity contribution in [3.05, 3.63) is 34.4 Å². The molecule has 0 heterocycles. The molecule has 0 unspecified atom stereocenters. The molecule has 16 heavy (non-hydrogen) atoms. The van der Waals surface area contributed by atoms with Gasteiger partial charge < -0.3 is 0 Å². The van der Waals surface area contributed by atoms with Gasteiger partial charge in [-0.1, -0.05) is 6.07 Å². The summed E-state index contributed by atoms with van der Waals surface area (Å²) >= 11 is 0. The second kappa shape index (κ2) is 4.08. The van der Waals surface area contributed by atoms with Crippen molar-refractivity contribution >= 4 is 12.1 Å². The number of rotatable bonds is 2. The zero-order valence-electron chi connectivity index (χ0n) is 8.68. The number of Topliss-reactive ketones (excluding diaryl/α,β-unsaturated/α-hetero) is 1. The molecular weight excluding hydrogens is 221 g/mol. The fourth-order valence-corrected chi connectivity index (χ4v) is 1.55. The Hall–Kier alpha value is -1.65. The molecule has 0 aromatic heterocycles. The minimum absolute atomic E-state index is 0.0670. The topological polar surface area (TPSA) is 34.1 Å². The normalized spacial score (nSPS) is 11.3. The highest BCUT2D eigenvalue weighted by Crippen LogP contribution is 2.34. The van der Waals surface area contributed by atoms with Gasteiger partial charge in [-0.25, -0.2) is 0 Å². The summed E-state index contributed by atoms with van der Waals surface area (Å²) in [6, 6.07) is 1.82. The second-order valence-corrected chi connectivity index (χ2v) is 3.37. The lowest BCUT2D eigenvalue weighted by Gasteiger charge is -2.14. The van der Waals surface area contributed by atoms with Crippen molar-refractivity contribution in [2.45, 2.75) is 20.0 Å². The van der Waals surface area contributed by atoms with Crippen molar-refractivity contribution in [3.63, 3.8) is 0 Å². The molecule has 0 aliphatic rings. The Bertz CT molecular complexity index is 447. The van der Waals surface area contributed by atoms with Crippen LogP contribution in [-0.4, -0.2) is 12.1 Å². The maximum Gasteiger partial charge on any atom is 0.417 e. The average molecular weight is 230 g/mol. The number of benzene rings is 1. The van der Waals surface area contributed by atoms with Crippen LogP contribution >= 0.6 is 0 Å². The van der Waals surface area contributed by atoms with E-state index in [4.69, 9.17) is 0 Å². The predicted molar refractivity (Wildman–Crippen MR) is 51.6 cm³/mol. The van der Waals surface area contributed by atoms with Gasteiger partial charge in [-0.15, -0.1) is 0 Å². The van der Waals surface area contributed by atoms with Gasteiger partial charge in [-0.2, -0.15) is 13.2 Å². The standard InChI is InChI=1S/C11H9F3O2/c1-6-8(5-15)3-4-9(11(12,13)14)10(6)7(2)16/h3-5H,1-2H3. The Labute approximate surface area is 90.1 Å². The smallest absolute Gasteiger partial charge is 0.298 e. The maximum atomic E-state index is 12.6. The van der Waals surface area contributed by atoms with E-state index >= 15 is 0 Å². The SMILES string of the molecule is CC(=O)c1c(C(F)(F)F)ccc(C=O)c1C. The van der Waals surface area contributed by atoms with Gasteiger partial charge in [0.05, 0.1) is 5.56 Å². The van der Waals surface area contributed by atoms with E-state index in [2.05, 4.69) is 0 Å². The first kappa shape index (κ1) is 12.4. The molecular formula is C11H9F3O2. The molecule has 0 N–H and O–H groups in total. The van der Waals surface area contributed by atoms with Crippen molar-refractivity contribution in [1.29, 1.82) is 0 Å². The van der Waals surface area contributed by atoms with Gasteiger partial charge in [0.25, 0.3) is 0 Å². The molecule has 0 aliphatic heterocycles. The van der Waals surface area contributed by atoms with E-state index in [0.29, 0.717) is 6.29 Å². The quantitative estimate of drug-likeness (QED) is 0.578. The summed E-state index contributed by atoms with van der Waals surface area (Å²) in [4.78, 5) is 21.8. The van der Waals surface area contributed by atoms with Crippen LogP contribution in [0.2, 0.25) is 0 Å². The molecule has 0 fully saturated rings. The molecule has 86 valence electrons. The molecule has 0 spiro atoms. The predicted octanol–water partition coefficient (Wildman–Crippen LogP) is 3.03. The van der Waals surface area contributed by atoms with E-state index in [0.717, 1.165) is 19.1 Å². The summed E-state index contributed by atoms with van der Waals surface area (Å²) in [6.45, 7) is 2.38. The van der Waals surface area contributed by atoms with Crippen molar-refractivity contribution in [1.82, 2.24) is 0 Å². The number of hydrogen-bond donors (Lipinski definition) is 0. The fraction of sp³-hybridized carbons (Fsp3) is 0.273. The van der Waals surface area contributed by atoms with E-state index in [9.17, 15) is 22.8 Å². The third-order valence-electron chi connectivity index (χ3n) is 2.29. The summed E-state index contributed by atoms with van der Waals surface area (Å²) in [7, 11) is 0. The summed E-state index contributed by atoms with van der Waals surface area (Å²) in [6.07, 6.45) is -4.16. The Balaban J connectivity index is 3.60. The van der Waals surface area contributed by atoms with Crippen LogP contribution in [0, 0.1) is 6.92 Å². The maximum absolute atomic E-state index is 12.6. The summed E-state index contributed by atoms with van der Waals surface area (Å²) < 4.78 is 37.8. The molecule has 0 bridgehead atoms. The largest absolute Gasteiger partial charge is 0.417 e. The monoisotopic (exact) mass is 230 g/mol. The number of ketones is 1. The van der Waals surface area contributed by atoms with E-state index in [1.165, 1.54) is 6.92 Å². The van der Waals surface area contributed by atoms with E-state index < -0.39 is 23.1 Å². The van der Waals surface area contributed by atoms with Gasteiger partial charge in [0.1, 0.15) is 6.29 Å². The van der Waals surface area contributed by atoms with Gasteiger partial charge in [0.2, 0.25) is 0 Å². The molecule has 0 saturated heterocycles. The van der Waals surface area contributed by atoms with E-state index in [1.807, 2.05) is 0 Å². The molecule has 2 nitrogen and oxygen atoms in total. The zero-order valence-corrected chi connectivity index (χ0v) is 8.68. The third kappa shape index (κ3) is 2.13. The van der Waals surface area contributed by atoms with Crippen molar-refractivity contribution in [2.24, 2.45) is 0 Å². The molecule has 1 rings (SSSR count). The number of halogens is 3. The lowest BCUT2D eigenvalue weighted by Crippen LogP contribution is -2.14. The van der Waals surface area contributed by atoms with Crippen molar-refractivity contribution in [2.75, 3.05) is 0 Å². The number of carbonyl (C=O) groups excluding carboxylic acids is 2. The number of aldehydes is 1. The highest BCUT2D eigenvalue weighted by atomic mass is 19.4. The zero-order chi connectivity index (χ0) is 12.5. The minimum Gasteiger partial charge on any atom is -0.298 e. The van der Waals surface area contributed by atoms with Gasteiger partial charge in [0, 0.05) is 11.1 Å². The summed E-state index contributed by atoms with van der Waals surface area (Å²) in [5, 5.41) is 0. The number of carbonyl (C=O) groups is 2. The Morgan fingerprint density at radius 2 is 1.88 bits per heavy atom. The summed E-state index contributed by atoms with van der Waals surface area (Å²) in [5.74, 6) is -0.700. The van der Waals surface area contributed by atoms with E-state index in [-0.39, 0.29) is 11.1 Å². The van der Waals surface area contributed by atoms with Crippen LogP contribution in [0.25, 0.3) is 0 Å². The first-order valence-electron chi connectivity index (χ1n) is 4.46. The van der Waals surface area contributed by atoms with Crippen molar-refractivity contribution in [3.8, 4) is 0 Å². The highest BCUT2D eigenvalue weighted by molar-refractivity contribution is 5.99. The van der Waals surface area contributed by atoms with Crippen LogP contribution in [0.4, 0.5) is 13.2 Å². The molecule has 0 aliphatic carbocycles. The molecule has 1 aromatic carbocycles. The minimum atomic E-state index is -4.59. The Morgan fingerprint density at radius 3 is 2.25 bits per heavy atom. The molecule has 0 radical (unpaired) electrons. The average Bonchev–Trinajstić information content (AvgIpc) is 2.15. The van der Waals surface area contributed by atoms with Crippen LogP contribution in [0.3, 0.4) is 0 Å². The molecule has 0 amide bonds. The Morgan fingerprint density at radius 1 is 1.31 bits per heavy atom. The van der Waals surface area contributed by atoms with Crippen LogP contribution in [0.15, 0.2) is 12.1 Å². The fourth-order valence-electron chi connectivity index (χ4n) is 1.55. The first-order valence-corrected chi connectivity index (χ1v) is 4.46. The molecule has 1 aromatic rings. The van der Waals surface area contributed by atoms with E-state index in [1.54, 1.807) is 0 Å². The van der Waals surface area contributed by atoms with Gasteiger partial charge in [-0.3, -0.25) is 9.59 Å².